The highest BCUT2D eigenvalue weighted by molar-refractivity contribution is 7.12. The number of aromatic carboxylic acids is 1. The molecule has 1 aliphatic carbocycles. The quantitative estimate of drug-likeness (QED) is 0.756. The van der Waals surface area contributed by atoms with Crippen molar-refractivity contribution in [2.75, 3.05) is 0 Å². The van der Waals surface area contributed by atoms with E-state index in [0.29, 0.717) is 12.0 Å². The van der Waals surface area contributed by atoms with Crippen molar-refractivity contribution >= 4 is 17.3 Å². The second-order valence-electron chi connectivity index (χ2n) is 3.17. The lowest BCUT2D eigenvalue weighted by atomic mass is 9.94. The smallest absolute Gasteiger partial charge is 0.346 e. The van der Waals surface area contributed by atoms with Gasteiger partial charge in [0.25, 0.3) is 0 Å². The van der Waals surface area contributed by atoms with Crippen LogP contribution in [0.4, 0.5) is 4.39 Å². The molecule has 13 heavy (non-hydrogen) atoms. The van der Waals surface area contributed by atoms with E-state index in [-0.39, 0.29) is 10.0 Å². The number of hydrogen-bond donors (Lipinski definition) is 1. The van der Waals surface area contributed by atoms with Gasteiger partial charge in [0.05, 0.1) is 0 Å². The van der Waals surface area contributed by atoms with Gasteiger partial charge in [-0.2, -0.15) is 4.39 Å². The molecule has 0 aliphatic heterocycles. The number of halogens is 1. The highest BCUT2D eigenvalue weighted by Gasteiger charge is 2.24. The molecule has 0 unspecified atom stereocenters. The first-order valence-electron chi connectivity index (χ1n) is 4.23. The van der Waals surface area contributed by atoms with Gasteiger partial charge in [-0.05, 0) is 31.2 Å². The summed E-state index contributed by atoms with van der Waals surface area (Å²) in [7, 11) is 0. The molecule has 0 atom stereocenters. The summed E-state index contributed by atoms with van der Waals surface area (Å²) >= 11 is 0.772. The Kier molecular flexibility index (Phi) is 2.07. The van der Waals surface area contributed by atoms with Crippen molar-refractivity contribution in [3.8, 4) is 0 Å². The average Bonchev–Trinajstić information content (AvgIpc) is 2.45. The topological polar surface area (TPSA) is 37.3 Å². The molecule has 1 aliphatic rings. The van der Waals surface area contributed by atoms with Crippen LogP contribution in [0.25, 0.3) is 0 Å². The van der Waals surface area contributed by atoms with Crippen LogP contribution in [0.15, 0.2) is 0 Å². The summed E-state index contributed by atoms with van der Waals surface area (Å²) in [6.45, 7) is 0. The van der Waals surface area contributed by atoms with Gasteiger partial charge in [0, 0.05) is 5.56 Å². The maximum atomic E-state index is 13.2. The zero-order valence-electron chi connectivity index (χ0n) is 6.97. The maximum Gasteiger partial charge on any atom is 0.346 e. The lowest BCUT2D eigenvalue weighted by Crippen LogP contribution is -2.05. The number of thiophene rings is 1. The van der Waals surface area contributed by atoms with Crippen LogP contribution in [0.2, 0.25) is 0 Å². The molecule has 0 spiro atoms. The van der Waals surface area contributed by atoms with Gasteiger partial charge in [0.15, 0.2) is 5.13 Å². The summed E-state index contributed by atoms with van der Waals surface area (Å²) in [5, 5.41) is 8.50. The lowest BCUT2D eigenvalue weighted by molar-refractivity contribution is 0.0701. The van der Waals surface area contributed by atoms with E-state index in [9.17, 15) is 9.18 Å². The fourth-order valence-electron chi connectivity index (χ4n) is 1.76. The van der Waals surface area contributed by atoms with E-state index in [4.69, 9.17) is 5.11 Å². The van der Waals surface area contributed by atoms with Gasteiger partial charge in [-0.1, -0.05) is 11.3 Å². The van der Waals surface area contributed by atoms with E-state index in [1.807, 2.05) is 0 Å². The highest BCUT2D eigenvalue weighted by Crippen LogP contribution is 2.33. The minimum atomic E-state index is -0.993. The average molecular weight is 200 g/mol. The molecule has 1 N–H and O–H groups in total. The van der Waals surface area contributed by atoms with Crippen molar-refractivity contribution in [1.29, 1.82) is 0 Å². The fourth-order valence-corrected chi connectivity index (χ4v) is 2.72. The van der Waals surface area contributed by atoms with Crippen LogP contribution < -0.4 is 0 Å². The van der Waals surface area contributed by atoms with Crippen molar-refractivity contribution < 1.29 is 14.3 Å². The molecule has 1 aromatic rings. The molecule has 0 fully saturated rings. The van der Waals surface area contributed by atoms with Crippen LogP contribution in [0.1, 0.15) is 33.6 Å². The van der Waals surface area contributed by atoms with Crippen molar-refractivity contribution in [2.45, 2.75) is 25.7 Å². The first-order valence-corrected chi connectivity index (χ1v) is 5.05. The molecule has 2 rings (SSSR count). The van der Waals surface area contributed by atoms with Crippen LogP contribution in [0, 0.1) is 5.13 Å². The number of hydrogen-bond acceptors (Lipinski definition) is 2. The number of carboxylic acids is 1. The van der Waals surface area contributed by atoms with Gasteiger partial charge in [0.2, 0.25) is 0 Å². The summed E-state index contributed by atoms with van der Waals surface area (Å²) in [6, 6.07) is 0. The summed E-state index contributed by atoms with van der Waals surface area (Å²) in [6.07, 6.45) is 3.37. The third-order valence-corrected chi connectivity index (χ3v) is 3.42. The number of fused-ring (bicyclic) bond motifs is 1. The Morgan fingerprint density at radius 1 is 1.31 bits per heavy atom. The largest absolute Gasteiger partial charge is 0.477 e. The third kappa shape index (κ3) is 1.35. The molecular weight excluding hydrogens is 191 g/mol. The molecular formula is C9H9FO2S. The Balaban J connectivity index is 2.53. The molecule has 1 heterocycles. The van der Waals surface area contributed by atoms with Crippen LogP contribution in [0.5, 0.6) is 0 Å². The molecule has 2 nitrogen and oxygen atoms in total. The lowest BCUT2D eigenvalue weighted by Gasteiger charge is -2.10. The molecule has 0 aromatic carbocycles. The maximum absolute atomic E-state index is 13.2. The zero-order chi connectivity index (χ0) is 9.42. The van der Waals surface area contributed by atoms with Gasteiger partial charge in [-0.25, -0.2) is 4.79 Å². The Labute approximate surface area is 79.0 Å². The minimum Gasteiger partial charge on any atom is -0.477 e. The van der Waals surface area contributed by atoms with E-state index >= 15 is 0 Å². The Morgan fingerprint density at radius 2 is 1.92 bits per heavy atom. The van der Waals surface area contributed by atoms with Crippen LogP contribution in [0.3, 0.4) is 0 Å². The molecule has 0 bridgehead atoms. The first-order chi connectivity index (χ1) is 6.20. The fraction of sp³-hybridized carbons (Fsp3) is 0.444. The zero-order valence-corrected chi connectivity index (χ0v) is 7.79. The number of carbonyl (C=O) groups is 1. The summed E-state index contributed by atoms with van der Waals surface area (Å²) in [5.74, 6) is -0.993. The second kappa shape index (κ2) is 3.10. The highest BCUT2D eigenvalue weighted by atomic mass is 32.1. The van der Waals surface area contributed by atoms with Gasteiger partial charge in [-0.3, -0.25) is 0 Å². The van der Waals surface area contributed by atoms with Crippen LogP contribution >= 0.6 is 11.3 Å². The van der Waals surface area contributed by atoms with E-state index in [0.717, 1.165) is 36.2 Å². The van der Waals surface area contributed by atoms with Crippen molar-refractivity contribution in [3.63, 3.8) is 0 Å². The van der Waals surface area contributed by atoms with Gasteiger partial charge < -0.3 is 5.11 Å². The van der Waals surface area contributed by atoms with Crippen LogP contribution in [-0.2, 0) is 12.8 Å². The minimum absolute atomic E-state index is 0.201. The van der Waals surface area contributed by atoms with Gasteiger partial charge in [-0.15, -0.1) is 0 Å². The molecule has 70 valence electrons. The third-order valence-electron chi connectivity index (χ3n) is 2.37. The Morgan fingerprint density at radius 3 is 2.54 bits per heavy atom. The Bertz CT molecular complexity index is 357. The summed E-state index contributed by atoms with van der Waals surface area (Å²) < 4.78 is 13.2. The Hall–Kier alpha value is -0.900. The van der Waals surface area contributed by atoms with E-state index in [1.165, 1.54) is 0 Å². The first kappa shape index (κ1) is 8.69. The standard InChI is InChI=1S/C9H9FO2S/c10-8-6-4-2-1-3-5(6)7(13-8)9(11)12/h1-4H2,(H,11,12). The molecule has 0 saturated carbocycles. The second-order valence-corrected chi connectivity index (χ2v) is 4.15. The summed E-state index contributed by atoms with van der Waals surface area (Å²) in [4.78, 5) is 10.9. The number of rotatable bonds is 1. The van der Waals surface area contributed by atoms with Crippen molar-refractivity contribution in [1.82, 2.24) is 0 Å². The molecule has 0 amide bonds. The van der Waals surface area contributed by atoms with E-state index in [2.05, 4.69) is 0 Å². The SMILES string of the molecule is O=C(O)c1sc(F)c2c1CCCC2. The normalized spacial score (nSPS) is 15.5. The monoisotopic (exact) mass is 200 g/mol. The molecule has 1 aromatic heterocycles. The van der Waals surface area contributed by atoms with E-state index < -0.39 is 5.97 Å². The predicted molar refractivity (Wildman–Crippen MR) is 47.9 cm³/mol. The van der Waals surface area contributed by atoms with Gasteiger partial charge >= 0.3 is 5.97 Å². The van der Waals surface area contributed by atoms with Gasteiger partial charge in [0.1, 0.15) is 4.88 Å². The number of carboxylic acid groups (broad SMARTS) is 1. The summed E-state index contributed by atoms with van der Waals surface area (Å²) in [5.41, 5.74) is 1.38. The van der Waals surface area contributed by atoms with Crippen molar-refractivity contribution in [3.05, 3.63) is 21.1 Å². The molecule has 4 heteroatoms. The predicted octanol–water partition coefficient (Wildman–Crippen LogP) is 2.46. The van der Waals surface area contributed by atoms with Crippen molar-refractivity contribution in [2.24, 2.45) is 0 Å². The molecule has 0 radical (unpaired) electrons. The van der Waals surface area contributed by atoms with Crippen LogP contribution in [-0.4, -0.2) is 11.1 Å². The molecule has 0 saturated heterocycles. The van der Waals surface area contributed by atoms with E-state index in [1.54, 1.807) is 0 Å².